The molecule has 0 bridgehead atoms. The molecule has 0 radical (unpaired) electrons. The van der Waals surface area contributed by atoms with Crippen molar-refractivity contribution in [2.24, 2.45) is 0 Å². The van der Waals surface area contributed by atoms with Gasteiger partial charge in [-0.2, -0.15) is 4.98 Å². The largest absolute Gasteiger partial charge is 0.497 e. The number of aliphatic hydroxyl groups excluding tert-OH is 1. The lowest BCUT2D eigenvalue weighted by atomic mass is 10.1. The highest BCUT2D eigenvalue weighted by Crippen LogP contribution is 2.15. The van der Waals surface area contributed by atoms with E-state index in [-0.39, 0.29) is 0 Å². The van der Waals surface area contributed by atoms with Crippen LogP contribution in [0.25, 0.3) is 0 Å². The fraction of sp³-hybridized carbons (Fsp3) is 0.429. The number of methoxy groups -OCH3 is 1. The van der Waals surface area contributed by atoms with Crippen molar-refractivity contribution in [3.05, 3.63) is 41.5 Å². The summed E-state index contributed by atoms with van der Waals surface area (Å²) in [6.45, 7) is 1.87. The van der Waals surface area contributed by atoms with Crippen molar-refractivity contribution in [3.63, 3.8) is 0 Å². The summed E-state index contributed by atoms with van der Waals surface area (Å²) in [5, 5.41) is 13.4. The van der Waals surface area contributed by atoms with Gasteiger partial charge in [-0.3, -0.25) is 0 Å². The first-order valence-electron chi connectivity index (χ1n) is 6.36. The Morgan fingerprint density at radius 2 is 2.00 bits per heavy atom. The van der Waals surface area contributed by atoms with Gasteiger partial charge in [-0.25, -0.2) is 0 Å². The maximum absolute atomic E-state index is 9.59. The molecule has 0 spiro atoms. The van der Waals surface area contributed by atoms with E-state index in [1.54, 1.807) is 7.11 Å². The molecular weight excluding hydrogens is 244 g/mol. The maximum atomic E-state index is 9.59. The molecule has 1 unspecified atom stereocenters. The van der Waals surface area contributed by atoms with Crippen molar-refractivity contribution in [2.45, 2.75) is 32.3 Å². The molecule has 0 saturated heterocycles. The Hall–Kier alpha value is -1.88. The molecule has 0 amide bonds. The Kier molecular flexibility index (Phi) is 4.52. The van der Waals surface area contributed by atoms with Crippen molar-refractivity contribution < 1.29 is 14.4 Å². The molecule has 1 heterocycles. The van der Waals surface area contributed by atoms with Gasteiger partial charge in [0.1, 0.15) is 11.9 Å². The van der Waals surface area contributed by atoms with Crippen molar-refractivity contribution in [1.82, 2.24) is 10.1 Å². The molecule has 5 nitrogen and oxygen atoms in total. The van der Waals surface area contributed by atoms with Crippen molar-refractivity contribution in [2.75, 3.05) is 7.11 Å². The Morgan fingerprint density at radius 1 is 1.26 bits per heavy atom. The number of aliphatic hydroxyl groups is 1. The fourth-order valence-corrected chi connectivity index (χ4v) is 1.73. The van der Waals surface area contributed by atoms with E-state index in [9.17, 15) is 5.11 Å². The van der Waals surface area contributed by atoms with Gasteiger partial charge in [0.15, 0.2) is 5.82 Å². The summed E-state index contributed by atoms with van der Waals surface area (Å²) < 4.78 is 10.2. The molecule has 102 valence electrons. The Morgan fingerprint density at radius 3 is 2.63 bits per heavy atom. The fourth-order valence-electron chi connectivity index (χ4n) is 1.73. The summed E-state index contributed by atoms with van der Waals surface area (Å²) in [5.41, 5.74) is 1.18. The normalized spacial score (nSPS) is 12.4. The van der Waals surface area contributed by atoms with Gasteiger partial charge >= 0.3 is 0 Å². The standard InChI is InChI=1S/C14H18N2O3/c1-3-12(17)14-15-13(19-16-14)9-6-10-4-7-11(18-2)8-5-10/h4-5,7-8,12,17H,3,6,9H2,1-2H3. The van der Waals surface area contributed by atoms with Crippen molar-refractivity contribution in [3.8, 4) is 5.75 Å². The summed E-state index contributed by atoms with van der Waals surface area (Å²) >= 11 is 0. The van der Waals surface area contributed by atoms with Crippen LogP contribution < -0.4 is 4.74 Å². The first-order chi connectivity index (χ1) is 9.22. The first kappa shape index (κ1) is 13.5. The van der Waals surface area contributed by atoms with Crippen LogP contribution in [0.2, 0.25) is 0 Å². The van der Waals surface area contributed by atoms with E-state index in [2.05, 4.69) is 10.1 Å². The molecule has 0 aliphatic heterocycles. The van der Waals surface area contributed by atoms with Crippen LogP contribution >= 0.6 is 0 Å². The summed E-state index contributed by atoms with van der Waals surface area (Å²) in [4.78, 5) is 4.18. The van der Waals surface area contributed by atoms with Crippen LogP contribution in [0, 0.1) is 0 Å². The SMILES string of the molecule is CCC(O)c1noc(CCc2ccc(OC)cc2)n1. The predicted molar refractivity (Wildman–Crippen MR) is 70.0 cm³/mol. The molecule has 2 rings (SSSR count). The number of aryl methyl sites for hydroxylation is 2. The van der Waals surface area contributed by atoms with Gasteiger partial charge < -0.3 is 14.4 Å². The molecule has 2 aromatic rings. The third-order valence-electron chi connectivity index (χ3n) is 2.96. The monoisotopic (exact) mass is 262 g/mol. The average Bonchev–Trinajstić information content (AvgIpc) is 2.93. The zero-order valence-electron chi connectivity index (χ0n) is 11.2. The Labute approximate surface area is 112 Å². The van der Waals surface area contributed by atoms with Crippen LogP contribution in [0.4, 0.5) is 0 Å². The molecular formula is C14H18N2O3. The summed E-state index contributed by atoms with van der Waals surface area (Å²) in [6, 6.07) is 7.87. The second-order valence-corrected chi connectivity index (χ2v) is 4.32. The number of hydrogen-bond donors (Lipinski definition) is 1. The third-order valence-corrected chi connectivity index (χ3v) is 2.96. The van der Waals surface area contributed by atoms with E-state index in [0.717, 1.165) is 12.2 Å². The quantitative estimate of drug-likeness (QED) is 0.865. The lowest BCUT2D eigenvalue weighted by Gasteiger charge is -2.01. The Bertz CT molecular complexity index is 508. The van der Waals surface area contributed by atoms with Crippen molar-refractivity contribution in [1.29, 1.82) is 0 Å². The highest BCUT2D eigenvalue weighted by molar-refractivity contribution is 5.27. The number of ether oxygens (including phenoxy) is 1. The molecule has 0 aliphatic rings. The second kappa shape index (κ2) is 6.33. The summed E-state index contributed by atoms with van der Waals surface area (Å²) in [7, 11) is 1.65. The van der Waals surface area contributed by atoms with E-state index in [1.807, 2.05) is 31.2 Å². The smallest absolute Gasteiger partial charge is 0.227 e. The topological polar surface area (TPSA) is 68.4 Å². The molecule has 1 atom stereocenters. The summed E-state index contributed by atoms with van der Waals surface area (Å²) in [6.07, 6.45) is 1.42. The molecule has 1 N–H and O–H groups in total. The number of nitrogens with zero attached hydrogens (tertiary/aromatic N) is 2. The van der Waals surface area contributed by atoms with Crippen LogP contribution in [0.3, 0.4) is 0 Å². The second-order valence-electron chi connectivity index (χ2n) is 4.32. The van der Waals surface area contributed by atoms with Crippen LogP contribution in [0.15, 0.2) is 28.8 Å². The first-order valence-corrected chi connectivity index (χ1v) is 6.36. The minimum atomic E-state index is -0.640. The molecule has 1 aromatic heterocycles. The zero-order valence-corrected chi connectivity index (χ0v) is 11.2. The van der Waals surface area contributed by atoms with Crippen molar-refractivity contribution >= 4 is 0 Å². The maximum Gasteiger partial charge on any atom is 0.227 e. The van der Waals surface area contributed by atoms with Gasteiger partial charge in [0.25, 0.3) is 0 Å². The minimum absolute atomic E-state index is 0.368. The van der Waals surface area contributed by atoms with Gasteiger partial charge in [0.05, 0.1) is 7.11 Å². The van der Waals surface area contributed by atoms with E-state index in [4.69, 9.17) is 9.26 Å². The summed E-state index contributed by atoms with van der Waals surface area (Å²) in [5.74, 6) is 1.76. The zero-order chi connectivity index (χ0) is 13.7. The molecule has 1 aromatic carbocycles. The Balaban J connectivity index is 1.92. The van der Waals surface area contributed by atoms with E-state index >= 15 is 0 Å². The molecule has 0 fully saturated rings. The van der Waals surface area contributed by atoms with Crippen LogP contribution in [0.1, 0.15) is 36.7 Å². The number of hydrogen-bond acceptors (Lipinski definition) is 5. The lowest BCUT2D eigenvalue weighted by molar-refractivity contribution is 0.159. The van der Waals surface area contributed by atoms with E-state index in [1.165, 1.54) is 5.56 Å². The highest BCUT2D eigenvalue weighted by atomic mass is 16.5. The van der Waals surface area contributed by atoms with Gasteiger partial charge in [-0.05, 0) is 30.5 Å². The van der Waals surface area contributed by atoms with Crippen LogP contribution in [0.5, 0.6) is 5.75 Å². The van der Waals surface area contributed by atoms with Gasteiger partial charge in [0, 0.05) is 6.42 Å². The van der Waals surface area contributed by atoms with Crippen LogP contribution in [-0.2, 0) is 12.8 Å². The molecule has 0 saturated carbocycles. The average molecular weight is 262 g/mol. The van der Waals surface area contributed by atoms with E-state index < -0.39 is 6.10 Å². The van der Waals surface area contributed by atoms with Gasteiger partial charge in [0.2, 0.25) is 5.89 Å². The highest BCUT2D eigenvalue weighted by Gasteiger charge is 2.13. The lowest BCUT2D eigenvalue weighted by Crippen LogP contribution is -1.98. The third kappa shape index (κ3) is 3.54. The predicted octanol–water partition coefficient (Wildman–Crippen LogP) is 2.31. The molecule has 0 aliphatic carbocycles. The number of benzene rings is 1. The van der Waals surface area contributed by atoms with Gasteiger partial charge in [-0.1, -0.05) is 24.2 Å². The molecule has 19 heavy (non-hydrogen) atoms. The van der Waals surface area contributed by atoms with Crippen LogP contribution in [-0.4, -0.2) is 22.4 Å². The minimum Gasteiger partial charge on any atom is -0.497 e. The number of rotatable bonds is 6. The van der Waals surface area contributed by atoms with Gasteiger partial charge in [-0.15, -0.1) is 0 Å². The molecule has 5 heteroatoms. The van der Waals surface area contributed by atoms with E-state index in [0.29, 0.717) is 24.6 Å². The number of aromatic nitrogens is 2.